The van der Waals surface area contributed by atoms with Gasteiger partial charge < -0.3 is 14.8 Å². The Morgan fingerprint density at radius 3 is 2.41 bits per heavy atom. The minimum Gasteiger partial charge on any atom is -0.452 e. The topological polar surface area (TPSA) is 102 Å². The molecule has 1 saturated heterocycles. The number of hydrogen-bond donors (Lipinski definition) is 1. The van der Waals surface area contributed by atoms with Gasteiger partial charge in [0.2, 0.25) is 10.0 Å². The van der Waals surface area contributed by atoms with Crippen LogP contribution in [-0.2, 0) is 24.3 Å². The summed E-state index contributed by atoms with van der Waals surface area (Å²) in [6, 6.07) is 2.25. The SMILES string of the molecule is CCC(C)(C)NC(=O)COC(=O)c1cc(S(=O)(=O)N2CCOCC2)c(Cl)cc1Cl. The third-order valence-electron chi connectivity index (χ3n) is 4.53. The lowest BCUT2D eigenvalue weighted by Crippen LogP contribution is -2.44. The maximum Gasteiger partial charge on any atom is 0.340 e. The first-order valence-corrected chi connectivity index (χ1v) is 11.2. The number of esters is 1. The van der Waals surface area contributed by atoms with Crippen LogP contribution < -0.4 is 5.32 Å². The Morgan fingerprint density at radius 2 is 1.83 bits per heavy atom. The quantitative estimate of drug-likeness (QED) is 0.619. The molecule has 0 radical (unpaired) electrons. The minimum absolute atomic E-state index is 0.0739. The first-order valence-electron chi connectivity index (χ1n) is 9.03. The summed E-state index contributed by atoms with van der Waals surface area (Å²) in [5, 5.41) is 2.55. The molecule has 1 aliphatic rings. The van der Waals surface area contributed by atoms with Gasteiger partial charge in [-0.05, 0) is 32.4 Å². The number of nitrogens with one attached hydrogen (secondary N) is 1. The van der Waals surface area contributed by atoms with Crippen molar-refractivity contribution in [2.45, 2.75) is 37.6 Å². The van der Waals surface area contributed by atoms with E-state index < -0.39 is 34.0 Å². The van der Waals surface area contributed by atoms with Crippen molar-refractivity contribution in [3.05, 3.63) is 27.7 Å². The summed E-state index contributed by atoms with van der Waals surface area (Å²) in [7, 11) is -3.95. The Labute approximate surface area is 180 Å². The maximum atomic E-state index is 12.9. The van der Waals surface area contributed by atoms with Crippen LogP contribution in [0.4, 0.5) is 0 Å². The number of carbonyl (C=O) groups excluding carboxylic acids is 2. The molecule has 11 heteroatoms. The van der Waals surface area contributed by atoms with Crippen molar-refractivity contribution in [3.63, 3.8) is 0 Å². The molecule has 29 heavy (non-hydrogen) atoms. The molecule has 0 aromatic heterocycles. The van der Waals surface area contributed by atoms with Gasteiger partial charge in [0, 0.05) is 18.6 Å². The first kappa shape index (κ1) is 23.9. The standard InChI is InChI=1S/C18H24Cl2N2O6S/c1-4-18(2,3)21-16(23)11-28-17(24)12-9-15(14(20)10-13(12)19)29(25,26)22-5-7-27-8-6-22/h9-10H,4-8,11H2,1-3H3,(H,21,23). The molecule has 0 spiro atoms. The first-order chi connectivity index (χ1) is 13.5. The van der Waals surface area contributed by atoms with Gasteiger partial charge in [-0.25, -0.2) is 13.2 Å². The number of rotatable bonds is 7. The van der Waals surface area contributed by atoms with E-state index in [0.717, 1.165) is 6.07 Å². The molecule has 0 saturated carbocycles. The monoisotopic (exact) mass is 466 g/mol. The highest BCUT2D eigenvalue weighted by Crippen LogP contribution is 2.31. The molecule has 1 aliphatic heterocycles. The molecule has 1 fully saturated rings. The molecule has 0 atom stereocenters. The molecule has 1 heterocycles. The van der Waals surface area contributed by atoms with Gasteiger partial charge in [-0.15, -0.1) is 0 Å². The van der Waals surface area contributed by atoms with E-state index >= 15 is 0 Å². The fourth-order valence-corrected chi connectivity index (χ4v) is 4.75. The Morgan fingerprint density at radius 1 is 1.21 bits per heavy atom. The average molecular weight is 467 g/mol. The normalized spacial score (nSPS) is 15.8. The molecule has 0 bridgehead atoms. The van der Waals surface area contributed by atoms with Crippen LogP contribution in [0, 0.1) is 0 Å². The van der Waals surface area contributed by atoms with Crippen LogP contribution >= 0.6 is 23.2 Å². The Balaban J connectivity index is 2.20. The summed E-state index contributed by atoms with van der Waals surface area (Å²) in [4.78, 5) is 24.1. The van der Waals surface area contributed by atoms with Crippen molar-refractivity contribution in [3.8, 4) is 0 Å². The number of carbonyl (C=O) groups is 2. The summed E-state index contributed by atoms with van der Waals surface area (Å²) in [6.07, 6.45) is 0.693. The van der Waals surface area contributed by atoms with Gasteiger partial charge in [0.25, 0.3) is 5.91 Å². The van der Waals surface area contributed by atoms with E-state index in [4.69, 9.17) is 32.7 Å². The van der Waals surface area contributed by atoms with Crippen LogP contribution in [0.5, 0.6) is 0 Å². The summed E-state index contributed by atoms with van der Waals surface area (Å²) >= 11 is 12.2. The van der Waals surface area contributed by atoms with Crippen molar-refractivity contribution in [1.29, 1.82) is 0 Å². The fourth-order valence-electron chi connectivity index (χ4n) is 2.52. The molecule has 1 N–H and O–H groups in total. The lowest BCUT2D eigenvalue weighted by atomic mass is 10.0. The lowest BCUT2D eigenvalue weighted by Gasteiger charge is -2.26. The second-order valence-electron chi connectivity index (χ2n) is 7.14. The molecule has 1 aromatic carbocycles. The Bertz CT molecular complexity index is 883. The lowest BCUT2D eigenvalue weighted by molar-refractivity contribution is -0.125. The molecule has 162 valence electrons. The van der Waals surface area contributed by atoms with Crippen LogP contribution in [0.25, 0.3) is 0 Å². The second-order valence-corrected chi connectivity index (χ2v) is 9.86. The summed E-state index contributed by atoms with van der Waals surface area (Å²) in [5.41, 5.74) is -0.633. The third-order valence-corrected chi connectivity index (χ3v) is 7.20. The van der Waals surface area contributed by atoms with Crippen molar-refractivity contribution in [1.82, 2.24) is 9.62 Å². The molecule has 1 amide bonds. The summed E-state index contributed by atoms with van der Waals surface area (Å²) < 4.78 is 37.2. The zero-order valence-electron chi connectivity index (χ0n) is 16.5. The highest BCUT2D eigenvalue weighted by atomic mass is 35.5. The van der Waals surface area contributed by atoms with Crippen LogP contribution in [0.3, 0.4) is 0 Å². The predicted molar refractivity (Wildman–Crippen MR) is 109 cm³/mol. The Kier molecular flexibility index (Phi) is 7.92. The zero-order chi connectivity index (χ0) is 21.8. The largest absolute Gasteiger partial charge is 0.452 e. The fraction of sp³-hybridized carbons (Fsp3) is 0.556. The maximum absolute atomic E-state index is 12.9. The highest BCUT2D eigenvalue weighted by Gasteiger charge is 2.30. The third kappa shape index (κ3) is 6.05. The van der Waals surface area contributed by atoms with Crippen LogP contribution in [0.1, 0.15) is 37.6 Å². The highest BCUT2D eigenvalue weighted by molar-refractivity contribution is 7.89. The molecular formula is C18H24Cl2N2O6S. The number of amides is 1. The molecule has 0 unspecified atom stereocenters. The Hall–Kier alpha value is -1.39. The minimum atomic E-state index is -3.95. The number of morpholine rings is 1. The van der Waals surface area contributed by atoms with Gasteiger partial charge in [-0.3, -0.25) is 4.79 Å². The van der Waals surface area contributed by atoms with E-state index in [-0.39, 0.29) is 46.8 Å². The zero-order valence-corrected chi connectivity index (χ0v) is 18.8. The number of nitrogens with zero attached hydrogens (tertiary/aromatic N) is 1. The number of sulfonamides is 1. The van der Waals surface area contributed by atoms with Gasteiger partial charge >= 0.3 is 5.97 Å². The van der Waals surface area contributed by atoms with Gasteiger partial charge in [0.05, 0.1) is 28.8 Å². The van der Waals surface area contributed by atoms with Gasteiger partial charge in [-0.2, -0.15) is 4.31 Å². The average Bonchev–Trinajstić information content (AvgIpc) is 2.66. The van der Waals surface area contributed by atoms with E-state index in [1.54, 1.807) is 0 Å². The number of hydrogen-bond acceptors (Lipinski definition) is 6. The van der Waals surface area contributed by atoms with Crippen LogP contribution in [0.15, 0.2) is 17.0 Å². The van der Waals surface area contributed by atoms with Gasteiger partial charge in [0.15, 0.2) is 6.61 Å². The molecular weight excluding hydrogens is 443 g/mol. The van der Waals surface area contributed by atoms with Crippen LogP contribution in [-0.4, -0.2) is 63.0 Å². The van der Waals surface area contributed by atoms with Crippen molar-refractivity contribution < 1.29 is 27.5 Å². The molecule has 1 aromatic rings. The summed E-state index contributed by atoms with van der Waals surface area (Å²) in [5.74, 6) is -1.40. The van der Waals surface area contributed by atoms with Gasteiger partial charge in [-0.1, -0.05) is 30.1 Å². The van der Waals surface area contributed by atoms with Crippen LogP contribution in [0.2, 0.25) is 10.0 Å². The van der Waals surface area contributed by atoms with Crippen molar-refractivity contribution in [2.75, 3.05) is 32.9 Å². The predicted octanol–water partition coefficient (Wildman–Crippen LogP) is 2.48. The number of ether oxygens (including phenoxy) is 2. The second kappa shape index (κ2) is 9.61. The van der Waals surface area contributed by atoms with E-state index in [1.807, 2.05) is 20.8 Å². The van der Waals surface area contributed by atoms with E-state index in [1.165, 1.54) is 10.4 Å². The number of halogens is 2. The van der Waals surface area contributed by atoms with Crippen molar-refractivity contribution in [2.24, 2.45) is 0 Å². The molecule has 0 aliphatic carbocycles. The van der Waals surface area contributed by atoms with E-state index in [0.29, 0.717) is 6.42 Å². The molecule has 2 rings (SSSR count). The number of benzene rings is 1. The van der Waals surface area contributed by atoms with E-state index in [2.05, 4.69) is 5.32 Å². The van der Waals surface area contributed by atoms with E-state index in [9.17, 15) is 18.0 Å². The van der Waals surface area contributed by atoms with Gasteiger partial charge in [0.1, 0.15) is 4.90 Å². The molecule has 8 nitrogen and oxygen atoms in total. The smallest absolute Gasteiger partial charge is 0.340 e. The van der Waals surface area contributed by atoms with Crippen molar-refractivity contribution >= 4 is 45.1 Å². The summed E-state index contributed by atoms with van der Waals surface area (Å²) in [6.45, 7) is 5.95.